The van der Waals surface area contributed by atoms with E-state index in [0.29, 0.717) is 22.4 Å². The molecule has 0 bridgehead atoms. The summed E-state index contributed by atoms with van der Waals surface area (Å²) in [5.41, 5.74) is 6.85. The number of allylic oxidation sites excluding steroid dienone is 1. The van der Waals surface area contributed by atoms with Gasteiger partial charge in [0.1, 0.15) is 17.3 Å². The molecule has 6 nitrogen and oxygen atoms in total. The quantitative estimate of drug-likeness (QED) is 0.191. The molecule has 2 aromatic carbocycles. The van der Waals surface area contributed by atoms with Crippen molar-refractivity contribution in [1.82, 2.24) is 0 Å². The number of para-hydroxylation sites is 1. The highest BCUT2D eigenvalue weighted by atomic mass is 32.4. The lowest BCUT2D eigenvalue weighted by Crippen LogP contribution is -2.17. The third-order valence-corrected chi connectivity index (χ3v) is 6.56. The summed E-state index contributed by atoms with van der Waals surface area (Å²) in [6.07, 6.45) is -1.76. The number of methoxy groups -OCH3 is 2. The Labute approximate surface area is 163 Å². The molecule has 2 aromatic rings. The highest BCUT2D eigenvalue weighted by Gasteiger charge is 2.23. The second-order valence-corrected chi connectivity index (χ2v) is 8.84. The monoisotopic (exact) mass is 404 g/mol. The molecule has 8 heteroatoms. The number of esters is 1. The summed E-state index contributed by atoms with van der Waals surface area (Å²) in [5, 5.41) is 0.704. The van der Waals surface area contributed by atoms with Gasteiger partial charge in [-0.25, -0.2) is 4.79 Å². The Morgan fingerprint density at radius 3 is 2.37 bits per heavy atom. The predicted molar refractivity (Wildman–Crippen MR) is 111 cm³/mol. The van der Waals surface area contributed by atoms with E-state index < -0.39 is 12.4 Å². The van der Waals surface area contributed by atoms with E-state index in [0.717, 1.165) is 0 Å². The maximum Gasteiger partial charge on any atom is 0.333 e. The second-order valence-electron chi connectivity index (χ2n) is 5.41. The SMILES string of the molecule is COC(=O)C=C(C)OP(=S)(N=C(N)c1ccccc1OC)c1ccccc1. The molecule has 2 N–H and O–H groups in total. The zero-order chi connectivity index (χ0) is 19.9. The summed E-state index contributed by atoms with van der Waals surface area (Å²) in [5.74, 6) is 0.537. The van der Waals surface area contributed by atoms with Crippen LogP contribution >= 0.6 is 6.42 Å². The van der Waals surface area contributed by atoms with Crippen LogP contribution in [0, 0.1) is 0 Å². The average Bonchev–Trinajstić information content (AvgIpc) is 2.68. The molecule has 0 spiro atoms. The molecule has 27 heavy (non-hydrogen) atoms. The summed E-state index contributed by atoms with van der Waals surface area (Å²) in [6, 6.07) is 16.4. The lowest BCUT2D eigenvalue weighted by atomic mass is 10.2. The Morgan fingerprint density at radius 1 is 1.11 bits per heavy atom. The van der Waals surface area contributed by atoms with Crippen molar-refractivity contribution in [3.63, 3.8) is 0 Å². The number of hydrogen-bond acceptors (Lipinski definition) is 5. The van der Waals surface area contributed by atoms with Gasteiger partial charge in [-0.05, 0) is 43.0 Å². The van der Waals surface area contributed by atoms with Crippen molar-refractivity contribution in [2.45, 2.75) is 6.92 Å². The number of ether oxygens (including phenoxy) is 2. The minimum atomic E-state index is -2.98. The van der Waals surface area contributed by atoms with Crippen LogP contribution in [-0.2, 0) is 25.9 Å². The molecule has 0 aromatic heterocycles. The van der Waals surface area contributed by atoms with Crippen LogP contribution in [0.15, 0.2) is 71.2 Å². The molecule has 1 atom stereocenters. The Balaban J connectivity index is 2.52. The van der Waals surface area contributed by atoms with Gasteiger partial charge in [-0.3, -0.25) is 0 Å². The van der Waals surface area contributed by atoms with Crippen molar-refractivity contribution in [2.75, 3.05) is 14.2 Å². The van der Waals surface area contributed by atoms with Gasteiger partial charge in [0.2, 0.25) is 0 Å². The van der Waals surface area contributed by atoms with Crippen molar-refractivity contribution < 1.29 is 18.8 Å². The largest absolute Gasteiger partial charge is 0.496 e. The number of carbonyl (C=O) groups excluding carboxylic acids is 1. The average molecular weight is 404 g/mol. The standard InChI is InChI=1S/C19H21N2O4PS/c1-14(13-18(22)24-3)25-26(27,15-9-5-4-6-10-15)21-19(20)16-11-7-8-12-17(16)23-2/h4-13H,1-3H3,(H2,20,21,27). The molecular weight excluding hydrogens is 383 g/mol. The van der Waals surface area contributed by atoms with Gasteiger partial charge in [0.05, 0.1) is 25.9 Å². The third-order valence-electron chi connectivity index (χ3n) is 3.49. The summed E-state index contributed by atoms with van der Waals surface area (Å²) < 4.78 is 20.5. The topological polar surface area (TPSA) is 83.1 Å². The molecule has 0 saturated carbocycles. The lowest BCUT2D eigenvalue weighted by molar-refractivity contribution is -0.135. The molecule has 142 valence electrons. The molecule has 0 fully saturated rings. The molecule has 0 radical (unpaired) electrons. The van der Waals surface area contributed by atoms with Gasteiger partial charge in [0, 0.05) is 5.30 Å². The molecule has 1 unspecified atom stereocenters. The molecule has 0 saturated heterocycles. The summed E-state index contributed by atoms with van der Waals surface area (Å²) >= 11 is 5.78. The van der Waals surface area contributed by atoms with Gasteiger partial charge in [0.25, 0.3) is 6.42 Å². The first-order chi connectivity index (χ1) is 12.9. The lowest BCUT2D eigenvalue weighted by Gasteiger charge is -2.21. The molecular formula is C19H21N2O4PS. The predicted octanol–water partition coefficient (Wildman–Crippen LogP) is 3.13. The first-order valence-corrected chi connectivity index (χ1v) is 10.7. The van der Waals surface area contributed by atoms with Crippen LogP contribution in [0.1, 0.15) is 12.5 Å². The van der Waals surface area contributed by atoms with E-state index >= 15 is 0 Å². The summed E-state index contributed by atoms with van der Waals surface area (Å²) in [7, 11) is 2.84. The fourth-order valence-corrected chi connectivity index (χ4v) is 4.87. The normalized spacial score (nSPS) is 14.2. The van der Waals surface area contributed by atoms with Crippen molar-refractivity contribution in [2.24, 2.45) is 10.5 Å². The number of carbonyl (C=O) groups is 1. The highest BCUT2D eigenvalue weighted by molar-refractivity contribution is 8.15. The molecule has 0 aliphatic heterocycles. The number of benzene rings is 2. The fraction of sp³-hybridized carbons (Fsp3) is 0.158. The minimum Gasteiger partial charge on any atom is -0.496 e. The van der Waals surface area contributed by atoms with Gasteiger partial charge >= 0.3 is 5.97 Å². The van der Waals surface area contributed by atoms with Crippen molar-refractivity contribution >= 4 is 35.3 Å². The summed E-state index contributed by atoms with van der Waals surface area (Å²) in [4.78, 5) is 11.5. The van der Waals surface area contributed by atoms with Crippen LogP contribution in [0.4, 0.5) is 0 Å². The first kappa shape index (κ1) is 20.7. The van der Waals surface area contributed by atoms with E-state index in [4.69, 9.17) is 26.8 Å². The van der Waals surface area contributed by atoms with Crippen molar-refractivity contribution in [1.29, 1.82) is 0 Å². The second kappa shape index (κ2) is 9.35. The number of hydrogen-bond donors (Lipinski definition) is 1. The van der Waals surface area contributed by atoms with Gasteiger partial charge < -0.3 is 19.7 Å². The first-order valence-electron chi connectivity index (χ1n) is 8.00. The van der Waals surface area contributed by atoms with E-state index in [1.807, 2.05) is 42.5 Å². The van der Waals surface area contributed by atoms with E-state index in [1.165, 1.54) is 13.2 Å². The van der Waals surface area contributed by atoms with Gasteiger partial charge in [0.15, 0.2) is 0 Å². The van der Waals surface area contributed by atoms with E-state index in [-0.39, 0.29) is 5.84 Å². The van der Waals surface area contributed by atoms with E-state index in [2.05, 4.69) is 9.50 Å². The maximum absolute atomic E-state index is 11.5. The Hall–Kier alpha value is -2.63. The zero-order valence-corrected chi connectivity index (χ0v) is 17.0. The molecule has 0 aliphatic carbocycles. The maximum atomic E-state index is 11.5. The third kappa shape index (κ3) is 5.42. The molecule has 0 heterocycles. The Kier molecular flexibility index (Phi) is 7.16. The smallest absolute Gasteiger partial charge is 0.333 e. The van der Waals surface area contributed by atoms with Crippen LogP contribution in [0.3, 0.4) is 0 Å². The number of amidine groups is 1. The summed E-state index contributed by atoms with van der Waals surface area (Å²) in [6.45, 7) is 1.62. The molecule has 2 rings (SSSR count). The number of nitrogens with two attached hydrogens (primary N) is 1. The molecule has 0 amide bonds. The van der Waals surface area contributed by atoms with Gasteiger partial charge in [-0.15, -0.1) is 0 Å². The van der Waals surface area contributed by atoms with E-state index in [9.17, 15) is 4.79 Å². The van der Waals surface area contributed by atoms with Crippen LogP contribution in [-0.4, -0.2) is 26.0 Å². The Morgan fingerprint density at radius 2 is 1.74 bits per heavy atom. The van der Waals surface area contributed by atoms with E-state index in [1.54, 1.807) is 26.2 Å². The number of nitrogens with zero attached hydrogens (tertiary/aromatic N) is 1. The van der Waals surface area contributed by atoms with Crippen LogP contribution < -0.4 is 15.8 Å². The van der Waals surface area contributed by atoms with Crippen LogP contribution in [0.25, 0.3) is 0 Å². The van der Waals surface area contributed by atoms with Crippen molar-refractivity contribution in [3.05, 3.63) is 72.0 Å². The fourth-order valence-electron chi connectivity index (χ4n) is 2.25. The van der Waals surface area contributed by atoms with Gasteiger partial charge in [-0.2, -0.15) is 4.76 Å². The van der Waals surface area contributed by atoms with Crippen LogP contribution in [0.5, 0.6) is 5.75 Å². The zero-order valence-electron chi connectivity index (χ0n) is 15.3. The minimum absolute atomic E-state index is 0.200. The number of rotatable bonds is 7. The Bertz CT molecular complexity index is 913. The van der Waals surface area contributed by atoms with Crippen LogP contribution in [0.2, 0.25) is 0 Å². The van der Waals surface area contributed by atoms with Crippen molar-refractivity contribution in [3.8, 4) is 5.75 Å². The highest BCUT2D eigenvalue weighted by Crippen LogP contribution is 2.50. The molecule has 0 aliphatic rings. The van der Waals surface area contributed by atoms with Gasteiger partial charge in [-0.1, -0.05) is 30.3 Å².